The molecule has 2 atom stereocenters. The summed E-state index contributed by atoms with van der Waals surface area (Å²) in [6.07, 6.45) is 12.6. The zero-order valence-electron chi connectivity index (χ0n) is 35.4. The number of nitrogens with one attached hydrogen (secondary N) is 4. The minimum absolute atomic E-state index is 0.0278. The number of hydrogen-bond acceptors (Lipinski definition) is 9. The SMILES string of the molecule is CN(C)C1CCn2c(CC3(C)Cc4c(S(=O)(=O)NC(=O)Nc5c6c(cc7c5CCC7)CCC6)ccn4C(=O)O3)cc(S(=O)(=O)NC(=O)Nc3c4c(cc5c3CCC5)CCC4)c2C1. The summed E-state index contributed by atoms with van der Waals surface area (Å²) in [5, 5.41) is 5.83. The number of urea groups is 2. The number of ether oxygens (including phenoxy) is 1. The maximum atomic E-state index is 14.3. The second-order valence-electron chi connectivity index (χ2n) is 18.5. The van der Waals surface area contributed by atoms with Gasteiger partial charge in [0.15, 0.2) is 0 Å². The second-order valence-corrected chi connectivity index (χ2v) is 21.8. The molecule has 4 amide bonds. The molecule has 2 aromatic carbocycles. The molecule has 4 aromatic rings. The normalized spacial score (nSPS) is 21.1. The number of anilines is 2. The Kier molecular flexibility index (Phi) is 9.90. The summed E-state index contributed by atoms with van der Waals surface area (Å²) in [4.78, 5) is 42.5. The van der Waals surface area contributed by atoms with Gasteiger partial charge in [-0.2, -0.15) is 0 Å². The van der Waals surface area contributed by atoms with Crippen molar-refractivity contribution in [3.63, 3.8) is 0 Å². The molecule has 328 valence electrons. The average molecular weight is 884 g/mol. The Morgan fingerprint density at radius 2 is 1.24 bits per heavy atom. The number of aryl methyl sites for hydroxylation is 4. The fourth-order valence-corrected chi connectivity index (χ4v) is 13.6. The van der Waals surface area contributed by atoms with Gasteiger partial charge in [-0.15, -0.1) is 0 Å². The van der Waals surface area contributed by atoms with E-state index in [1.165, 1.54) is 34.5 Å². The molecule has 4 heterocycles. The fraction of sp³-hybridized carbons (Fsp3) is 0.489. The number of nitrogens with zero attached hydrogens (tertiary/aromatic N) is 3. The van der Waals surface area contributed by atoms with Crippen molar-refractivity contribution in [1.29, 1.82) is 0 Å². The van der Waals surface area contributed by atoms with Gasteiger partial charge in [0.05, 0.1) is 5.69 Å². The van der Waals surface area contributed by atoms with E-state index in [4.69, 9.17) is 4.74 Å². The van der Waals surface area contributed by atoms with Crippen LogP contribution in [0.4, 0.5) is 25.8 Å². The topological polar surface area (TPSA) is 190 Å². The van der Waals surface area contributed by atoms with Crippen LogP contribution in [0.3, 0.4) is 0 Å². The maximum Gasteiger partial charge on any atom is 0.418 e. The number of fused-ring (bicyclic) bond motifs is 6. The number of benzene rings is 2. The molecular formula is C45H53N7O8S2. The third-order valence-electron chi connectivity index (χ3n) is 14.1. The van der Waals surface area contributed by atoms with Gasteiger partial charge in [0.2, 0.25) is 0 Å². The molecule has 10 rings (SSSR count). The third-order valence-corrected chi connectivity index (χ3v) is 16.9. The van der Waals surface area contributed by atoms with E-state index in [9.17, 15) is 31.2 Å². The van der Waals surface area contributed by atoms with Crippen LogP contribution in [0.5, 0.6) is 0 Å². The average Bonchev–Trinajstić information content (AvgIpc) is 4.06. The summed E-state index contributed by atoms with van der Waals surface area (Å²) < 4.78 is 70.1. The molecule has 2 aromatic heterocycles. The standard InChI is InChI=1S/C45H53N7O8S2/c1-45(25-37-38(17-19-52(37)44(55)60-45)61(56,57)48-42(53)46-40-32-12-4-8-26(32)20-27-9-5-13-33(27)40)24-31-23-39(36-22-30(50(2)3)16-18-51(31)36)62(58,59)49-43(54)47-41-34-14-6-10-28(34)21-29-11-7-15-35(29)41/h17,19-21,23,30H,4-16,18,22,24-25H2,1-3H3,(H2,46,48,53)(H2,47,49,54). The van der Waals surface area contributed by atoms with Gasteiger partial charge in [-0.25, -0.2) is 40.7 Å². The number of rotatable bonds is 9. The monoisotopic (exact) mass is 883 g/mol. The molecule has 0 radical (unpaired) electrons. The summed E-state index contributed by atoms with van der Waals surface area (Å²) >= 11 is 0. The van der Waals surface area contributed by atoms with Crippen LogP contribution in [-0.4, -0.2) is 74.8 Å². The molecule has 0 bridgehead atoms. The largest absolute Gasteiger partial charge is 0.442 e. The highest BCUT2D eigenvalue weighted by Gasteiger charge is 2.42. The van der Waals surface area contributed by atoms with E-state index in [1.54, 1.807) is 13.0 Å². The number of carbonyl (C=O) groups is 3. The van der Waals surface area contributed by atoms with Crippen LogP contribution >= 0.6 is 0 Å². The van der Waals surface area contributed by atoms with Crippen molar-refractivity contribution in [2.45, 2.75) is 138 Å². The summed E-state index contributed by atoms with van der Waals surface area (Å²) in [5.74, 6) is 0. The molecule has 15 nitrogen and oxygen atoms in total. The highest BCUT2D eigenvalue weighted by molar-refractivity contribution is 7.90. The Labute approximate surface area is 362 Å². The van der Waals surface area contributed by atoms with Gasteiger partial charge >= 0.3 is 18.2 Å². The van der Waals surface area contributed by atoms with Gasteiger partial charge in [-0.05, 0) is 161 Å². The van der Waals surface area contributed by atoms with Gasteiger partial charge in [-0.1, -0.05) is 12.1 Å². The first-order valence-electron chi connectivity index (χ1n) is 21.9. The molecular weight excluding hydrogens is 831 g/mol. The van der Waals surface area contributed by atoms with Gasteiger partial charge in [-0.3, -0.25) is 4.57 Å². The molecule has 6 aliphatic rings. The molecule has 4 N–H and O–H groups in total. The van der Waals surface area contributed by atoms with Crippen molar-refractivity contribution < 1.29 is 36.0 Å². The molecule has 17 heteroatoms. The maximum absolute atomic E-state index is 14.3. The van der Waals surface area contributed by atoms with Crippen LogP contribution in [-0.2, 0) is 102 Å². The molecule has 62 heavy (non-hydrogen) atoms. The Balaban J connectivity index is 0.907. The van der Waals surface area contributed by atoms with E-state index in [1.807, 2.05) is 18.7 Å². The minimum atomic E-state index is -4.46. The first-order chi connectivity index (χ1) is 29.6. The van der Waals surface area contributed by atoms with Crippen LogP contribution in [0.15, 0.2) is 40.3 Å². The molecule has 0 fully saturated rings. The number of aromatic nitrogens is 2. The number of likely N-dealkylation sites (N-methyl/N-ethyl adjacent to an activating group) is 1. The highest BCUT2D eigenvalue weighted by atomic mass is 32.2. The molecule has 2 unspecified atom stereocenters. The van der Waals surface area contributed by atoms with Crippen molar-refractivity contribution in [2.75, 3.05) is 24.7 Å². The van der Waals surface area contributed by atoms with E-state index in [0.717, 1.165) is 116 Å². The van der Waals surface area contributed by atoms with Crippen molar-refractivity contribution in [2.24, 2.45) is 0 Å². The number of hydrogen-bond donors (Lipinski definition) is 4. The van der Waals surface area contributed by atoms with Crippen molar-refractivity contribution in [3.8, 4) is 0 Å². The van der Waals surface area contributed by atoms with Crippen molar-refractivity contribution in [1.82, 2.24) is 23.5 Å². The summed E-state index contributed by atoms with van der Waals surface area (Å²) in [7, 11) is -4.97. The smallest absolute Gasteiger partial charge is 0.418 e. The molecule has 2 aliphatic heterocycles. The lowest BCUT2D eigenvalue weighted by atomic mass is 9.92. The fourth-order valence-electron chi connectivity index (χ4n) is 11.3. The first kappa shape index (κ1) is 40.9. The lowest BCUT2D eigenvalue weighted by Gasteiger charge is -2.36. The van der Waals surface area contributed by atoms with E-state index < -0.39 is 43.8 Å². The Bertz CT molecular complexity index is 2760. The van der Waals surface area contributed by atoms with Crippen LogP contribution in [0.25, 0.3) is 0 Å². The Hall–Kier alpha value is -5.13. The predicted molar refractivity (Wildman–Crippen MR) is 232 cm³/mol. The van der Waals surface area contributed by atoms with Crippen LogP contribution in [0.1, 0.15) is 101 Å². The van der Waals surface area contributed by atoms with Gasteiger partial charge in [0.1, 0.15) is 15.4 Å². The van der Waals surface area contributed by atoms with Crippen LogP contribution in [0.2, 0.25) is 0 Å². The number of carbonyl (C=O) groups excluding carboxylic acids is 3. The Morgan fingerprint density at radius 1 is 0.742 bits per heavy atom. The molecule has 0 saturated heterocycles. The lowest BCUT2D eigenvalue weighted by molar-refractivity contribution is 0.0105. The van der Waals surface area contributed by atoms with Crippen molar-refractivity contribution in [3.05, 3.63) is 92.1 Å². The van der Waals surface area contributed by atoms with Gasteiger partial charge < -0.3 is 24.8 Å². The first-order valence-corrected chi connectivity index (χ1v) is 24.9. The summed E-state index contributed by atoms with van der Waals surface area (Å²) in [5.41, 5.74) is 10.5. The van der Waals surface area contributed by atoms with Gasteiger partial charge in [0.25, 0.3) is 20.0 Å². The predicted octanol–water partition coefficient (Wildman–Crippen LogP) is 5.68. The quantitative estimate of drug-likeness (QED) is 0.164. The Morgan fingerprint density at radius 3 is 1.74 bits per heavy atom. The minimum Gasteiger partial charge on any atom is -0.442 e. The molecule has 0 spiro atoms. The summed E-state index contributed by atoms with van der Waals surface area (Å²) in [6, 6.07) is 5.67. The van der Waals surface area contributed by atoms with Crippen LogP contribution < -0.4 is 20.1 Å². The third kappa shape index (κ3) is 7.09. The molecule has 0 saturated carbocycles. The number of sulfonamides is 2. The number of cyclic esters (lactones) is 1. The highest BCUT2D eigenvalue weighted by Crippen LogP contribution is 2.41. The lowest BCUT2D eigenvalue weighted by Crippen LogP contribution is -2.45. The second kappa shape index (κ2) is 15.0. The zero-order valence-corrected chi connectivity index (χ0v) is 37.0. The summed E-state index contributed by atoms with van der Waals surface area (Å²) in [6.45, 7) is 2.17. The van der Waals surface area contributed by atoms with E-state index >= 15 is 0 Å². The number of amides is 4. The van der Waals surface area contributed by atoms with E-state index in [-0.39, 0.29) is 34.4 Å². The molecule has 4 aliphatic carbocycles. The van der Waals surface area contributed by atoms with E-state index in [2.05, 4.69) is 37.1 Å². The van der Waals surface area contributed by atoms with Crippen LogP contribution in [0, 0.1) is 0 Å². The van der Waals surface area contributed by atoms with E-state index in [0.29, 0.717) is 30.0 Å². The van der Waals surface area contributed by atoms with Crippen molar-refractivity contribution >= 4 is 49.6 Å². The van der Waals surface area contributed by atoms with Gasteiger partial charge in [0, 0.05) is 60.8 Å². The zero-order chi connectivity index (χ0) is 43.3.